The minimum Gasteiger partial charge on any atom is -0.493 e. The molecule has 1 aliphatic rings. The van der Waals surface area contributed by atoms with Gasteiger partial charge in [0.15, 0.2) is 16.6 Å². The highest BCUT2D eigenvalue weighted by molar-refractivity contribution is 7.22. The van der Waals surface area contributed by atoms with Crippen molar-refractivity contribution in [1.82, 2.24) is 9.88 Å². The minimum absolute atomic E-state index is 0.187. The Morgan fingerprint density at radius 1 is 1.08 bits per heavy atom. The van der Waals surface area contributed by atoms with Gasteiger partial charge in [0.1, 0.15) is 11.3 Å². The van der Waals surface area contributed by atoms with E-state index >= 15 is 0 Å². The standard InChI is InChI=1S/C26H33N3O6S/c1-5-35-19-8-6-9-22-23(19)27-26(36-22)29(11-7-10-28-12-14-34-15-13-28)25(30)18-16-20(31-2)24(33-4)21(17-18)32-3/h6,8-9,16-17H,5,7,10-15H2,1-4H3. The van der Waals surface area contributed by atoms with E-state index in [4.69, 9.17) is 28.7 Å². The van der Waals surface area contributed by atoms with Crippen LogP contribution in [0.1, 0.15) is 23.7 Å². The van der Waals surface area contributed by atoms with Crippen LogP contribution < -0.4 is 23.8 Å². The van der Waals surface area contributed by atoms with Gasteiger partial charge >= 0.3 is 0 Å². The number of methoxy groups -OCH3 is 3. The van der Waals surface area contributed by atoms with Gasteiger partial charge in [-0.2, -0.15) is 0 Å². The van der Waals surface area contributed by atoms with Crippen LogP contribution in [0, 0.1) is 0 Å². The maximum Gasteiger partial charge on any atom is 0.260 e. The topological polar surface area (TPSA) is 82.6 Å². The molecular formula is C26H33N3O6S. The van der Waals surface area contributed by atoms with Gasteiger partial charge < -0.3 is 23.7 Å². The Balaban J connectivity index is 1.68. The summed E-state index contributed by atoms with van der Waals surface area (Å²) in [6.07, 6.45) is 0.796. The fraction of sp³-hybridized carbons (Fsp3) is 0.462. The molecule has 36 heavy (non-hydrogen) atoms. The smallest absolute Gasteiger partial charge is 0.260 e. The van der Waals surface area contributed by atoms with Crippen molar-refractivity contribution >= 4 is 32.6 Å². The molecule has 9 nitrogen and oxygen atoms in total. The minimum atomic E-state index is -0.187. The molecule has 0 unspecified atom stereocenters. The third kappa shape index (κ3) is 5.66. The average molecular weight is 516 g/mol. The van der Waals surface area contributed by atoms with Crippen molar-refractivity contribution in [3.63, 3.8) is 0 Å². The van der Waals surface area contributed by atoms with E-state index in [0.29, 0.717) is 46.8 Å². The molecule has 1 saturated heterocycles. The molecule has 0 spiro atoms. The first kappa shape index (κ1) is 26.0. The Morgan fingerprint density at radius 2 is 1.81 bits per heavy atom. The van der Waals surface area contributed by atoms with E-state index in [0.717, 1.165) is 49.5 Å². The third-order valence-electron chi connectivity index (χ3n) is 6.02. The Hall–Kier alpha value is -3.08. The fourth-order valence-electron chi connectivity index (χ4n) is 4.22. The second-order valence-corrected chi connectivity index (χ2v) is 9.22. The number of hydrogen-bond acceptors (Lipinski definition) is 9. The summed E-state index contributed by atoms with van der Waals surface area (Å²) < 4.78 is 28.6. The maximum absolute atomic E-state index is 13.9. The fourth-order valence-corrected chi connectivity index (χ4v) is 5.23. The number of hydrogen-bond donors (Lipinski definition) is 0. The molecule has 0 radical (unpaired) electrons. The van der Waals surface area contributed by atoms with Crippen LogP contribution >= 0.6 is 11.3 Å². The van der Waals surface area contributed by atoms with E-state index in [9.17, 15) is 4.79 Å². The lowest BCUT2D eigenvalue weighted by atomic mass is 10.1. The van der Waals surface area contributed by atoms with Gasteiger partial charge in [0.05, 0.1) is 45.8 Å². The predicted octanol–water partition coefficient (Wildman–Crippen LogP) is 4.09. The van der Waals surface area contributed by atoms with Gasteiger partial charge in [-0.1, -0.05) is 17.4 Å². The summed E-state index contributed by atoms with van der Waals surface area (Å²) in [6, 6.07) is 9.20. The van der Waals surface area contributed by atoms with Gasteiger partial charge in [-0.25, -0.2) is 4.98 Å². The van der Waals surface area contributed by atoms with Crippen LogP contribution in [-0.4, -0.2) is 83.1 Å². The normalized spacial score (nSPS) is 14.0. The van der Waals surface area contributed by atoms with Gasteiger partial charge in [-0.3, -0.25) is 14.6 Å². The number of benzene rings is 2. The number of para-hydroxylation sites is 1. The average Bonchev–Trinajstić information content (AvgIpc) is 3.35. The van der Waals surface area contributed by atoms with E-state index in [1.165, 1.54) is 32.7 Å². The van der Waals surface area contributed by atoms with Gasteiger partial charge in [-0.15, -0.1) is 0 Å². The number of nitrogens with zero attached hydrogens (tertiary/aromatic N) is 3. The summed E-state index contributed by atoms with van der Waals surface area (Å²) in [6.45, 7) is 7.16. The molecule has 0 bridgehead atoms. The molecule has 2 aromatic carbocycles. The molecule has 1 aromatic heterocycles. The SMILES string of the molecule is CCOc1cccc2sc(N(CCCN3CCOCC3)C(=O)c3cc(OC)c(OC)c(OC)c3)nc12. The lowest BCUT2D eigenvalue weighted by Crippen LogP contribution is -2.39. The van der Waals surface area contributed by atoms with E-state index < -0.39 is 0 Å². The molecular weight excluding hydrogens is 482 g/mol. The summed E-state index contributed by atoms with van der Waals surface area (Å²) in [5.74, 6) is 1.82. The first-order chi connectivity index (χ1) is 17.6. The van der Waals surface area contributed by atoms with Crippen LogP contribution in [0.3, 0.4) is 0 Å². The summed E-state index contributed by atoms with van der Waals surface area (Å²) in [5, 5.41) is 0.623. The van der Waals surface area contributed by atoms with E-state index in [-0.39, 0.29) is 5.91 Å². The Bertz CT molecular complexity index is 1150. The number of fused-ring (bicyclic) bond motifs is 1. The number of carbonyl (C=O) groups is 1. The molecule has 3 aromatic rings. The van der Waals surface area contributed by atoms with Gasteiger partial charge in [0, 0.05) is 31.7 Å². The molecule has 0 N–H and O–H groups in total. The Morgan fingerprint density at radius 3 is 2.44 bits per heavy atom. The maximum atomic E-state index is 13.9. The van der Waals surface area contributed by atoms with Crippen molar-refractivity contribution < 1.29 is 28.5 Å². The van der Waals surface area contributed by atoms with Crippen LogP contribution in [0.4, 0.5) is 5.13 Å². The molecule has 1 aliphatic heterocycles. The number of anilines is 1. The van der Waals surface area contributed by atoms with Crippen molar-refractivity contribution in [2.24, 2.45) is 0 Å². The molecule has 0 atom stereocenters. The number of morpholine rings is 1. The van der Waals surface area contributed by atoms with Gasteiger partial charge in [0.25, 0.3) is 5.91 Å². The van der Waals surface area contributed by atoms with Crippen molar-refractivity contribution in [1.29, 1.82) is 0 Å². The van der Waals surface area contributed by atoms with E-state index in [1.54, 1.807) is 17.0 Å². The molecule has 194 valence electrons. The van der Waals surface area contributed by atoms with Gasteiger partial charge in [-0.05, 0) is 37.6 Å². The predicted molar refractivity (Wildman–Crippen MR) is 140 cm³/mol. The summed E-state index contributed by atoms with van der Waals surface area (Å²) in [5.41, 5.74) is 1.19. The number of rotatable bonds is 11. The monoisotopic (exact) mass is 515 g/mol. The van der Waals surface area contributed by atoms with Crippen LogP contribution in [0.15, 0.2) is 30.3 Å². The lowest BCUT2D eigenvalue weighted by molar-refractivity contribution is 0.0376. The zero-order valence-corrected chi connectivity index (χ0v) is 22.1. The zero-order valence-electron chi connectivity index (χ0n) is 21.2. The molecule has 0 aliphatic carbocycles. The first-order valence-corrected chi connectivity index (χ1v) is 12.9. The number of ether oxygens (including phenoxy) is 5. The molecule has 2 heterocycles. The number of aromatic nitrogens is 1. The molecule has 1 fully saturated rings. The third-order valence-corrected chi connectivity index (χ3v) is 7.06. The van der Waals surface area contributed by atoms with Crippen molar-refractivity contribution in [2.45, 2.75) is 13.3 Å². The zero-order chi connectivity index (χ0) is 25.5. The quantitative estimate of drug-likeness (QED) is 0.378. The highest BCUT2D eigenvalue weighted by Gasteiger charge is 2.25. The second kappa shape index (κ2) is 12.2. The van der Waals surface area contributed by atoms with E-state index in [2.05, 4.69) is 4.90 Å². The lowest BCUT2D eigenvalue weighted by Gasteiger charge is -2.28. The highest BCUT2D eigenvalue weighted by Crippen LogP contribution is 2.40. The van der Waals surface area contributed by atoms with Crippen LogP contribution in [0.2, 0.25) is 0 Å². The number of thiazole rings is 1. The van der Waals surface area contributed by atoms with Crippen LogP contribution in [-0.2, 0) is 4.74 Å². The summed E-state index contributed by atoms with van der Waals surface area (Å²) in [7, 11) is 4.61. The molecule has 4 rings (SSSR count). The number of carbonyl (C=O) groups excluding carboxylic acids is 1. The van der Waals surface area contributed by atoms with Crippen molar-refractivity contribution in [3.8, 4) is 23.0 Å². The first-order valence-electron chi connectivity index (χ1n) is 12.0. The summed E-state index contributed by atoms with van der Waals surface area (Å²) >= 11 is 1.48. The van der Waals surface area contributed by atoms with Crippen LogP contribution in [0.5, 0.6) is 23.0 Å². The molecule has 10 heteroatoms. The largest absolute Gasteiger partial charge is 0.493 e. The number of amides is 1. The van der Waals surface area contributed by atoms with Crippen molar-refractivity contribution in [2.75, 3.05) is 72.2 Å². The Labute approximate surface area is 215 Å². The summed E-state index contributed by atoms with van der Waals surface area (Å²) in [4.78, 5) is 22.9. The Kier molecular flexibility index (Phi) is 8.84. The van der Waals surface area contributed by atoms with Crippen LogP contribution in [0.25, 0.3) is 10.2 Å². The molecule has 1 amide bonds. The van der Waals surface area contributed by atoms with Crippen molar-refractivity contribution in [3.05, 3.63) is 35.9 Å². The van der Waals surface area contributed by atoms with E-state index in [1.807, 2.05) is 25.1 Å². The molecule has 0 saturated carbocycles. The highest BCUT2D eigenvalue weighted by atomic mass is 32.1. The second-order valence-electron chi connectivity index (χ2n) is 8.21. The van der Waals surface area contributed by atoms with Gasteiger partial charge in [0.2, 0.25) is 5.75 Å².